The number of hydrogen-bond donors (Lipinski definition) is 0. The molecule has 0 nitrogen and oxygen atoms in total. The van der Waals surface area contributed by atoms with Crippen molar-refractivity contribution in [3.05, 3.63) is 202 Å². The van der Waals surface area contributed by atoms with Crippen LogP contribution in [0.3, 0.4) is 0 Å². The normalized spacial score (nSPS) is 12.4. The molecule has 0 saturated carbocycles. The summed E-state index contributed by atoms with van der Waals surface area (Å²) in [5, 5.41) is 0. The van der Waals surface area contributed by atoms with Crippen LogP contribution in [0.1, 0.15) is 99.4 Å². The van der Waals surface area contributed by atoms with Crippen LogP contribution in [0.5, 0.6) is 0 Å². The summed E-state index contributed by atoms with van der Waals surface area (Å²) < 4.78 is 1.42. The van der Waals surface area contributed by atoms with Crippen molar-refractivity contribution in [2.45, 2.75) is 86.0 Å². The second kappa shape index (κ2) is 19.7. The Labute approximate surface area is 370 Å². The van der Waals surface area contributed by atoms with Crippen LogP contribution in [0.4, 0.5) is 0 Å². The van der Waals surface area contributed by atoms with E-state index in [2.05, 4.69) is 214 Å². The van der Waals surface area contributed by atoms with E-state index in [1.165, 1.54) is 111 Å². The molecular formula is C54H54Cl2Zr-2. The van der Waals surface area contributed by atoms with Crippen molar-refractivity contribution in [2.24, 2.45) is 0 Å². The van der Waals surface area contributed by atoms with Gasteiger partial charge in [0.1, 0.15) is 0 Å². The zero-order chi connectivity index (χ0) is 39.3. The Morgan fingerprint density at radius 2 is 1.05 bits per heavy atom. The number of fused-ring (bicyclic) bond motifs is 3. The van der Waals surface area contributed by atoms with E-state index in [1.54, 1.807) is 0 Å². The fourth-order valence-corrected chi connectivity index (χ4v) is 8.04. The van der Waals surface area contributed by atoms with E-state index >= 15 is 0 Å². The molecule has 0 bridgehead atoms. The first-order valence-electron chi connectivity index (χ1n) is 19.5. The summed E-state index contributed by atoms with van der Waals surface area (Å²) in [5.41, 5.74) is 20.1. The second-order valence-corrected chi connectivity index (χ2v) is 18.2. The Morgan fingerprint density at radius 1 is 0.561 bits per heavy atom. The Morgan fingerprint density at radius 3 is 1.49 bits per heavy atom. The van der Waals surface area contributed by atoms with Gasteiger partial charge in [-0.15, -0.1) is 35.2 Å². The predicted octanol–water partition coefficient (Wildman–Crippen LogP) is 8.11. The summed E-state index contributed by atoms with van der Waals surface area (Å²) in [6, 6.07) is 50.4. The number of rotatable bonds is 4. The third kappa shape index (κ3) is 11.4. The minimum atomic E-state index is 0. The summed E-state index contributed by atoms with van der Waals surface area (Å²) in [7, 11) is 0. The fourth-order valence-electron chi connectivity index (χ4n) is 7.22. The minimum Gasteiger partial charge on any atom is -1.00 e. The van der Waals surface area contributed by atoms with Gasteiger partial charge >= 0.3 is 112 Å². The van der Waals surface area contributed by atoms with Crippen molar-refractivity contribution in [3.63, 3.8) is 0 Å². The average Bonchev–Trinajstić information content (AvgIpc) is 3.80. The van der Waals surface area contributed by atoms with E-state index in [0.717, 1.165) is 12.8 Å². The zero-order valence-electron chi connectivity index (χ0n) is 34.9. The van der Waals surface area contributed by atoms with Crippen LogP contribution in [0.2, 0.25) is 0 Å². The number of benzene rings is 6. The Kier molecular flexibility index (Phi) is 15.9. The maximum atomic E-state index is 3.88. The van der Waals surface area contributed by atoms with Gasteiger partial charge in [0.25, 0.3) is 0 Å². The topological polar surface area (TPSA) is 0 Å². The van der Waals surface area contributed by atoms with E-state index in [4.69, 9.17) is 0 Å². The zero-order valence-corrected chi connectivity index (χ0v) is 38.9. The Hall–Kier alpha value is -3.87. The maximum absolute atomic E-state index is 3.88. The van der Waals surface area contributed by atoms with Crippen LogP contribution in [0.15, 0.2) is 145 Å². The van der Waals surface area contributed by atoms with Crippen molar-refractivity contribution >= 4 is 3.21 Å². The maximum Gasteiger partial charge on any atom is -1.00 e. The molecule has 0 amide bonds. The summed E-state index contributed by atoms with van der Waals surface area (Å²) in [5.74, 6) is 0. The molecule has 0 aromatic heterocycles. The van der Waals surface area contributed by atoms with Gasteiger partial charge in [-0.05, 0) is 39.5 Å². The summed E-state index contributed by atoms with van der Waals surface area (Å²) in [6.07, 6.45) is 9.28. The number of allylic oxidation sites excluding steroid dienone is 4. The molecule has 0 atom stereocenters. The van der Waals surface area contributed by atoms with E-state index < -0.39 is 0 Å². The Balaban J connectivity index is 0.000000249. The molecule has 2 aliphatic rings. The summed E-state index contributed by atoms with van der Waals surface area (Å²) >= 11 is 1.46. The molecule has 2 aliphatic carbocycles. The van der Waals surface area contributed by atoms with Crippen molar-refractivity contribution in [1.29, 1.82) is 0 Å². The van der Waals surface area contributed by atoms with Crippen molar-refractivity contribution in [1.82, 2.24) is 0 Å². The van der Waals surface area contributed by atoms with Crippen molar-refractivity contribution < 1.29 is 49.0 Å². The van der Waals surface area contributed by atoms with Gasteiger partial charge in [-0.1, -0.05) is 138 Å². The molecule has 8 rings (SSSR count). The van der Waals surface area contributed by atoms with Gasteiger partial charge in [-0.3, -0.25) is 6.08 Å². The largest absolute Gasteiger partial charge is 1.00 e. The molecule has 57 heavy (non-hydrogen) atoms. The third-order valence-electron chi connectivity index (χ3n) is 10.4. The number of aryl methyl sites for hydroxylation is 2. The molecule has 6 aromatic carbocycles. The van der Waals surface area contributed by atoms with Crippen molar-refractivity contribution in [2.75, 3.05) is 0 Å². The van der Waals surface area contributed by atoms with Gasteiger partial charge in [0.2, 0.25) is 0 Å². The molecule has 0 spiro atoms. The van der Waals surface area contributed by atoms with Gasteiger partial charge in [-0.2, -0.15) is 6.08 Å². The molecule has 0 radical (unpaired) electrons. The van der Waals surface area contributed by atoms with Crippen LogP contribution in [0.25, 0.3) is 33.4 Å². The molecule has 0 N–H and O–H groups in total. The standard InChI is InChI=1S/C33H33.C15H14.C6H7.2ClH.Zr/c1-32(2,3)30-20-26-24(18-28(30)22-13-9-7-10-14-22)17-25-19-29(23-15-11-8-12-16-23)31(21-27(25)26)33(4,5)6;1-12-3-7-14(8-4-12)11-15-9-5-13(2)6-10-15;1-6-4-2-3-5-6;;;/h7-16,18,20-21H,17H2,1-6H3;3-10H,1-2H3;2,4H,3H2,1H3;2*1H;/q-1;;-1;;;+2/p-2. The molecule has 3 heteroatoms. The van der Waals surface area contributed by atoms with Crippen LogP contribution in [0, 0.1) is 26.0 Å². The molecule has 6 aromatic rings. The van der Waals surface area contributed by atoms with Crippen LogP contribution in [-0.4, -0.2) is 3.21 Å². The van der Waals surface area contributed by atoms with Gasteiger partial charge in [0.05, 0.1) is 0 Å². The molecule has 0 heterocycles. The summed E-state index contributed by atoms with van der Waals surface area (Å²) in [4.78, 5) is 0. The Bertz CT molecular complexity index is 2180. The van der Waals surface area contributed by atoms with E-state index in [-0.39, 0.29) is 35.6 Å². The molecule has 0 unspecified atom stereocenters. The minimum absolute atomic E-state index is 0. The van der Waals surface area contributed by atoms with Gasteiger partial charge in [-0.25, -0.2) is 11.6 Å². The molecule has 0 fully saturated rings. The molecule has 0 aliphatic heterocycles. The first-order chi connectivity index (χ1) is 26.2. The first kappa shape index (κ1) is 45.8. The molecular weight excluding hydrogens is 811 g/mol. The number of hydrogen-bond acceptors (Lipinski definition) is 0. The van der Waals surface area contributed by atoms with Crippen LogP contribution >= 0.6 is 0 Å². The number of halogens is 2. The smallest absolute Gasteiger partial charge is 1.00 e. The first-order valence-corrected chi connectivity index (χ1v) is 20.8. The quantitative estimate of drug-likeness (QED) is 0.157. The predicted molar refractivity (Wildman–Crippen MR) is 234 cm³/mol. The molecule has 290 valence electrons. The monoisotopic (exact) mass is 862 g/mol. The van der Waals surface area contributed by atoms with E-state index in [9.17, 15) is 0 Å². The van der Waals surface area contributed by atoms with E-state index in [0.29, 0.717) is 0 Å². The molecule has 0 saturated heterocycles. The van der Waals surface area contributed by atoms with Gasteiger partial charge < -0.3 is 24.8 Å². The third-order valence-corrected chi connectivity index (χ3v) is 11.8. The SMILES string of the molecule is CC(C)(C)c1cc2c([c-]c1-c1ccccc1)Cc1cc(-c3ccccc3)c(C(C)(C)C)cc1-2.CC1=[C-]CC=C1.Cc1ccc([C](=[Zr+2])c2ccc(C)cc2)cc1.[Cl-].[Cl-]. The summed E-state index contributed by atoms with van der Waals surface area (Å²) in [6.45, 7) is 20.2. The van der Waals surface area contributed by atoms with E-state index in [1.807, 2.05) is 0 Å². The average molecular weight is 865 g/mol. The van der Waals surface area contributed by atoms with Crippen LogP contribution in [-0.2, 0) is 41.5 Å². The van der Waals surface area contributed by atoms with Crippen LogP contribution < -0.4 is 24.8 Å². The van der Waals surface area contributed by atoms with Gasteiger partial charge in [0, 0.05) is 0 Å². The second-order valence-electron chi connectivity index (χ2n) is 17.0. The van der Waals surface area contributed by atoms with Gasteiger partial charge in [0.15, 0.2) is 0 Å². The van der Waals surface area contributed by atoms with Crippen molar-refractivity contribution in [3.8, 4) is 33.4 Å². The fraction of sp³-hybridized carbons (Fsp3) is 0.241.